The molecule has 1 nitrogen and oxygen atoms in total. The van der Waals surface area contributed by atoms with Crippen LogP contribution in [0.25, 0.3) is 5.57 Å². The van der Waals surface area contributed by atoms with E-state index in [1.54, 1.807) is 0 Å². The zero-order valence-electron chi connectivity index (χ0n) is 13.5. The Morgan fingerprint density at radius 2 is 1.85 bits per heavy atom. The van der Waals surface area contributed by atoms with Gasteiger partial charge in [0.05, 0.1) is 0 Å². The second-order valence-electron chi connectivity index (χ2n) is 7.10. The molecule has 1 fully saturated rings. The van der Waals surface area contributed by atoms with Crippen molar-refractivity contribution in [3.63, 3.8) is 0 Å². The lowest BCUT2D eigenvalue weighted by atomic mass is 9.80. The molecule has 0 spiro atoms. The number of nitrogens with one attached hydrogen (secondary N) is 1. The van der Waals surface area contributed by atoms with Gasteiger partial charge in [0.15, 0.2) is 0 Å². The molecule has 1 aromatic carbocycles. The molecule has 1 aliphatic rings. The molecule has 0 bridgehead atoms. The first-order valence-electron chi connectivity index (χ1n) is 7.98. The lowest BCUT2D eigenvalue weighted by Crippen LogP contribution is -2.36. The summed E-state index contributed by atoms with van der Waals surface area (Å²) in [6, 6.07) is 9.22. The Morgan fingerprint density at radius 3 is 2.35 bits per heavy atom. The minimum Gasteiger partial charge on any atom is -0.312 e. The molecule has 1 aliphatic carbocycles. The third-order valence-electron chi connectivity index (χ3n) is 4.19. The molecule has 1 N–H and O–H groups in total. The SMILES string of the molecule is C/C(=C/CCNC(C)(C)C)c1ccc(C2CCC2)cc1. The van der Waals surface area contributed by atoms with Crippen LogP contribution in [0.15, 0.2) is 30.3 Å². The quantitative estimate of drug-likeness (QED) is 0.732. The van der Waals surface area contributed by atoms with Crippen LogP contribution < -0.4 is 5.32 Å². The standard InChI is InChI=1S/C19H29N/c1-15(7-6-14-20-19(2,3)4)16-10-12-18(13-11-16)17-8-5-9-17/h7,10-13,17,20H,5-6,8-9,14H2,1-4H3/b15-7-. The third-order valence-corrected chi connectivity index (χ3v) is 4.19. The van der Waals surface area contributed by atoms with Gasteiger partial charge in [0, 0.05) is 5.54 Å². The van der Waals surface area contributed by atoms with Crippen LogP contribution in [0.2, 0.25) is 0 Å². The van der Waals surface area contributed by atoms with E-state index >= 15 is 0 Å². The second kappa shape index (κ2) is 6.58. The van der Waals surface area contributed by atoms with Crippen LogP contribution in [0, 0.1) is 0 Å². The van der Waals surface area contributed by atoms with Gasteiger partial charge >= 0.3 is 0 Å². The summed E-state index contributed by atoms with van der Waals surface area (Å²) < 4.78 is 0. The first kappa shape index (κ1) is 15.3. The Bertz CT molecular complexity index is 444. The van der Waals surface area contributed by atoms with E-state index < -0.39 is 0 Å². The fourth-order valence-electron chi connectivity index (χ4n) is 2.61. The maximum atomic E-state index is 3.52. The Labute approximate surface area is 124 Å². The van der Waals surface area contributed by atoms with Gasteiger partial charge in [0.25, 0.3) is 0 Å². The van der Waals surface area contributed by atoms with Gasteiger partial charge < -0.3 is 5.32 Å². The van der Waals surface area contributed by atoms with E-state index in [4.69, 9.17) is 0 Å². The van der Waals surface area contributed by atoms with Crippen LogP contribution in [0.1, 0.15) is 70.4 Å². The molecule has 0 saturated heterocycles. The number of rotatable bonds is 5. The van der Waals surface area contributed by atoms with Crippen molar-refractivity contribution in [1.82, 2.24) is 5.32 Å². The van der Waals surface area contributed by atoms with Gasteiger partial charge in [-0.05, 0) is 76.1 Å². The van der Waals surface area contributed by atoms with Crippen molar-refractivity contribution < 1.29 is 0 Å². The molecular formula is C19H29N. The van der Waals surface area contributed by atoms with Crippen molar-refractivity contribution in [2.24, 2.45) is 0 Å². The predicted molar refractivity (Wildman–Crippen MR) is 89.1 cm³/mol. The Balaban J connectivity index is 1.86. The topological polar surface area (TPSA) is 12.0 Å². The van der Waals surface area contributed by atoms with Crippen molar-refractivity contribution in [2.75, 3.05) is 6.54 Å². The normalized spacial score (nSPS) is 17.1. The molecule has 1 aromatic rings. The lowest BCUT2D eigenvalue weighted by molar-refractivity contribution is 0.420. The van der Waals surface area contributed by atoms with Gasteiger partial charge in [0.2, 0.25) is 0 Å². The molecule has 2 rings (SSSR count). The molecule has 0 radical (unpaired) electrons. The summed E-state index contributed by atoms with van der Waals surface area (Å²) >= 11 is 0. The zero-order chi connectivity index (χ0) is 14.6. The summed E-state index contributed by atoms with van der Waals surface area (Å²) in [6.45, 7) is 9.89. The van der Waals surface area contributed by atoms with E-state index in [1.165, 1.54) is 36.0 Å². The molecule has 0 aromatic heterocycles. The zero-order valence-corrected chi connectivity index (χ0v) is 13.5. The summed E-state index contributed by atoms with van der Waals surface area (Å²) in [5.41, 5.74) is 4.50. The third kappa shape index (κ3) is 4.49. The molecule has 0 amide bonds. The lowest BCUT2D eigenvalue weighted by Gasteiger charge is -2.25. The summed E-state index contributed by atoms with van der Waals surface area (Å²) in [5.74, 6) is 0.837. The van der Waals surface area contributed by atoms with Crippen LogP contribution >= 0.6 is 0 Å². The predicted octanol–water partition coefficient (Wildman–Crippen LogP) is 5.14. The fraction of sp³-hybridized carbons (Fsp3) is 0.579. The smallest absolute Gasteiger partial charge is 0.00966 e. The first-order valence-corrected chi connectivity index (χ1v) is 7.98. The molecule has 110 valence electrons. The number of hydrogen-bond acceptors (Lipinski definition) is 1. The Kier molecular flexibility index (Phi) is 5.04. The van der Waals surface area contributed by atoms with Crippen LogP contribution in [-0.4, -0.2) is 12.1 Å². The molecule has 0 aliphatic heterocycles. The van der Waals surface area contributed by atoms with Gasteiger partial charge in [-0.2, -0.15) is 0 Å². The molecule has 0 atom stereocenters. The number of benzene rings is 1. The molecule has 1 saturated carbocycles. The van der Waals surface area contributed by atoms with E-state index in [9.17, 15) is 0 Å². The van der Waals surface area contributed by atoms with E-state index in [0.717, 1.165) is 18.9 Å². The van der Waals surface area contributed by atoms with E-state index in [1.807, 2.05) is 0 Å². The van der Waals surface area contributed by atoms with Crippen molar-refractivity contribution >= 4 is 5.57 Å². The highest BCUT2D eigenvalue weighted by Crippen LogP contribution is 2.36. The van der Waals surface area contributed by atoms with Gasteiger partial charge in [-0.15, -0.1) is 0 Å². The summed E-state index contributed by atoms with van der Waals surface area (Å²) in [6.07, 6.45) is 7.61. The Hall–Kier alpha value is -1.08. The summed E-state index contributed by atoms with van der Waals surface area (Å²) in [5, 5.41) is 3.52. The second-order valence-corrected chi connectivity index (χ2v) is 7.10. The monoisotopic (exact) mass is 271 g/mol. The fourth-order valence-corrected chi connectivity index (χ4v) is 2.61. The van der Waals surface area contributed by atoms with Crippen molar-refractivity contribution in [2.45, 2.75) is 64.8 Å². The van der Waals surface area contributed by atoms with Gasteiger partial charge in [-0.3, -0.25) is 0 Å². The van der Waals surface area contributed by atoms with Crippen LogP contribution in [0.3, 0.4) is 0 Å². The highest BCUT2D eigenvalue weighted by Gasteiger charge is 2.18. The molecule has 0 unspecified atom stereocenters. The highest BCUT2D eigenvalue weighted by atomic mass is 14.9. The van der Waals surface area contributed by atoms with Crippen LogP contribution in [0.5, 0.6) is 0 Å². The first-order chi connectivity index (χ1) is 9.46. The number of hydrogen-bond donors (Lipinski definition) is 1. The van der Waals surface area contributed by atoms with E-state index in [2.05, 4.69) is 63.4 Å². The minimum absolute atomic E-state index is 0.214. The molecule has 0 heterocycles. The Morgan fingerprint density at radius 1 is 1.20 bits per heavy atom. The van der Waals surface area contributed by atoms with Crippen LogP contribution in [0.4, 0.5) is 0 Å². The number of allylic oxidation sites excluding steroid dienone is 1. The largest absolute Gasteiger partial charge is 0.312 e. The average molecular weight is 271 g/mol. The molecule has 1 heteroatoms. The van der Waals surface area contributed by atoms with Gasteiger partial charge in [0.1, 0.15) is 0 Å². The summed E-state index contributed by atoms with van der Waals surface area (Å²) in [7, 11) is 0. The minimum atomic E-state index is 0.214. The maximum absolute atomic E-state index is 3.52. The van der Waals surface area contributed by atoms with Crippen molar-refractivity contribution in [3.05, 3.63) is 41.5 Å². The molecule has 20 heavy (non-hydrogen) atoms. The highest BCUT2D eigenvalue weighted by molar-refractivity contribution is 5.63. The summed E-state index contributed by atoms with van der Waals surface area (Å²) in [4.78, 5) is 0. The van der Waals surface area contributed by atoms with Crippen molar-refractivity contribution in [3.8, 4) is 0 Å². The van der Waals surface area contributed by atoms with Gasteiger partial charge in [-0.1, -0.05) is 36.8 Å². The van der Waals surface area contributed by atoms with Crippen LogP contribution in [-0.2, 0) is 0 Å². The van der Waals surface area contributed by atoms with E-state index in [0.29, 0.717) is 0 Å². The van der Waals surface area contributed by atoms with Gasteiger partial charge in [-0.25, -0.2) is 0 Å². The van der Waals surface area contributed by atoms with E-state index in [-0.39, 0.29) is 5.54 Å². The average Bonchev–Trinajstić information content (AvgIpc) is 2.32. The molecular weight excluding hydrogens is 242 g/mol. The maximum Gasteiger partial charge on any atom is 0.00966 e. The van der Waals surface area contributed by atoms with Crippen molar-refractivity contribution in [1.29, 1.82) is 0 Å².